The van der Waals surface area contributed by atoms with Crippen LogP contribution in [0.25, 0.3) is 0 Å². The number of halogens is 2. The van der Waals surface area contributed by atoms with Crippen molar-refractivity contribution in [3.05, 3.63) is 29.8 Å². The second kappa shape index (κ2) is 5.32. The van der Waals surface area contributed by atoms with Crippen molar-refractivity contribution in [2.24, 2.45) is 5.73 Å². The molecule has 2 N–H and O–H groups in total. The second-order valence-corrected chi connectivity index (χ2v) is 3.77. The maximum atomic E-state index is 12.6. The van der Waals surface area contributed by atoms with Crippen LogP contribution in [0.4, 0.5) is 8.78 Å². The second-order valence-electron chi connectivity index (χ2n) is 2.92. The van der Waals surface area contributed by atoms with Gasteiger partial charge in [-0.2, -0.15) is 0 Å². The van der Waals surface area contributed by atoms with Gasteiger partial charge in [-0.25, -0.2) is 8.78 Å². The molecule has 1 nitrogen and oxygen atoms in total. The largest absolute Gasteiger partial charge is 0.330 e. The van der Waals surface area contributed by atoms with Crippen LogP contribution in [0.3, 0.4) is 0 Å². The molecule has 4 heteroatoms. The number of rotatable bonds is 4. The molecule has 1 unspecified atom stereocenters. The Hall–Kier alpha value is -0.610. The first kappa shape index (κ1) is 11.5. The van der Waals surface area contributed by atoms with E-state index >= 15 is 0 Å². The lowest BCUT2D eigenvalue weighted by Crippen LogP contribution is -2.20. The van der Waals surface area contributed by atoms with Gasteiger partial charge in [0.25, 0.3) is 0 Å². The van der Waals surface area contributed by atoms with E-state index < -0.39 is 12.3 Å². The van der Waals surface area contributed by atoms with Crippen molar-refractivity contribution in [3.8, 4) is 0 Å². The van der Waals surface area contributed by atoms with Gasteiger partial charge in [-0.15, -0.1) is 11.8 Å². The van der Waals surface area contributed by atoms with E-state index in [1.165, 1.54) is 11.8 Å². The molecule has 0 bridgehead atoms. The zero-order valence-electron chi connectivity index (χ0n) is 7.91. The van der Waals surface area contributed by atoms with Gasteiger partial charge in [0.2, 0.25) is 6.43 Å². The first-order valence-electron chi connectivity index (χ1n) is 4.31. The van der Waals surface area contributed by atoms with Crippen molar-refractivity contribution in [2.45, 2.75) is 17.2 Å². The van der Waals surface area contributed by atoms with E-state index in [0.29, 0.717) is 5.56 Å². The minimum atomic E-state index is -2.40. The lowest BCUT2D eigenvalue weighted by molar-refractivity contribution is 0.116. The van der Waals surface area contributed by atoms with Crippen molar-refractivity contribution in [3.63, 3.8) is 0 Å². The van der Waals surface area contributed by atoms with Crippen molar-refractivity contribution in [1.29, 1.82) is 0 Å². The molecule has 0 heterocycles. The summed E-state index contributed by atoms with van der Waals surface area (Å²) >= 11 is 1.47. The molecule has 0 aromatic heterocycles. The maximum absolute atomic E-state index is 12.6. The average Bonchev–Trinajstić information content (AvgIpc) is 2.19. The van der Waals surface area contributed by atoms with Gasteiger partial charge in [-0.1, -0.05) is 18.2 Å². The van der Waals surface area contributed by atoms with E-state index in [9.17, 15) is 8.78 Å². The van der Waals surface area contributed by atoms with E-state index in [0.717, 1.165) is 4.90 Å². The summed E-state index contributed by atoms with van der Waals surface area (Å²) in [6.07, 6.45) is -0.522. The van der Waals surface area contributed by atoms with Gasteiger partial charge in [0.1, 0.15) is 0 Å². The summed E-state index contributed by atoms with van der Waals surface area (Å²) < 4.78 is 25.2. The lowest BCUT2D eigenvalue weighted by Gasteiger charge is -2.16. The smallest absolute Gasteiger partial charge is 0.246 e. The molecular weight excluding hydrogens is 204 g/mol. The lowest BCUT2D eigenvalue weighted by atomic mass is 10.00. The van der Waals surface area contributed by atoms with Crippen molar-refractivity contribution >= 4 is 11.8 Å². The third kappa shape index (κ3) is 2.45. The molecule has 1 atom stereocenters. The van der Waals surface area contributed by atoms with Crippen LogP contribution in [0.1, 0.15) is 11.5 Å². The Kier molecular flexibility index (Phi) is 4.35. The fourth-order valence-electron chi connectivity index (χ4n) is 1.34. The van der Waals surface area contributed by atoms with E-state index in [1.54, 1.807) is 12.1 Å². The molecule has 0 aliphatic carbocycles. The third-order valence-electron chi connectivity index (χ3n) is 2.10. The fraction of sp³-hybridized carbons (Fsp3) is 0.400. The summed E-state index contributed by atoms with van der Waals surface area (Å²) in [5.41, 5.74) is 5.99. The Bertz CT molecular complexity index is 291. The highest BCUT2D eigenvalue weighted by atomic mass is 32.2. The first-order valence-corrected chi connectivity index (χ1v) is 5.54. The van der Waals surface area contributed by atoms with Gasteiger partial charge in [-0.3, -0.25) is 0 Å². The molecule has 0 radical (unpaired) electrons. The summed E-state index contributed by atoms with van der Waals surface area (Å²) in [7, 11) is 0. The highest BCUT2D eigenvalue weighted by Crippen LogP contribution is 2.30. The minimum absolute atomic E-state index is 0.0186. The van der Waals surface area contributed by atoms with Crippen LogP contribution in [0, 0.1) is 0 Å². The number of alkyl halides is 2. The predicted molar refractivity (Wildman–Crippen MR) is 56.0 cm³/mol. The SMILES string of the molecule is CSc1ccccc1C(CN)C(F)F. The van der Waals surface area contributed by atoms with Gasteiger partial charge in [0.15, 0.2) is 0 Å². The molecule has 0 aliphatic heterocycles. The summed E-state index contributed by atoms with van der Waals surface area (Å²) in [5.74, 6) is -0.848. The van der Waals surface area contributed by atoms with Gasteiger partial charge in [0, 0.05) is 11.4 Å². The topological polar surface area (TPSA) is 26.0 Å². The van der Waals surface area contributed by atoms with Crippen LogP contribution in [-0.4, -0.2) is 19.2 Å². The van der Waals surface area contributed by atoms with Crippen molar-refractivity contribution in [2.75, 3.05) is 12.8 Å². The molecule has 78 valence electrons. The minimum Gasteiger partial charge on any atom is -0.330 e. The third-order valence-corrected chi connectivity index (χ3v) is 2.91. The number of benzene rings is 1. The van der Waals surface area contributed by atoms with Crippen LogP contribution in [0.5, 0.6) is 0 Å². The Labute approximate surface area is 86.7 Å². The molecule has 0 saturated carbocycles. The molecular formula is C10H13F2NS. The number of hydrogen-bond acceptors (Lipinski definition) is 2. The summed E-state index contributed by atoms with van der Waals surface area (Å²) in [5, 5.41) is 0. The molecule has 1 aromatic carbocycles. The normalized spacial score (nSPS) is 13.2. The molecule has 0 saturated heterocycles. The zero-order chi connectivity index (χ0) is 10.6. The van der Waals surface area contributed by atoms with Gasteiger partial charge in [-0.05, 0) is 17.9 Å². The number of nitrogens with two attached hydrogens (primary N) is 1. The van der Waals surface area contributed by atoms with Crippen LogP contribution >= 0.6 is 11.8 Å². The van der Waals surface area contributed by atoms with Crippen LogP contribution in [-0.2, 0) is 0 Å². The van der Waals surface area contributed by atoms with E-state index in [-0.39, 0.29) is 6.54 Å². The number of thioether (sulfide) groups is 1. The van der Waals surface area contributed by atoms with Crippen LogP contribution in [0.15, 0.2) is 29.2 Å². The molecule has 0 amide bonds. The standard InChI is InChI=1S/C10H13F2NS/c1-14-9-5-3-2-4-7(9)8(6-13)10(11)12/h2-5,8,10H,6,13H2,1H3. The van der Waals surface area contributed by atoms with Crippen molar-refractivity contribution in [1.82, 2.24) is 0 Å². The highest BCUT2D eigenvalue weighted by Gasteiger charge is 2.22. The fourth-order valence-corrected chi connectivity index (χ4v) is 2.01. The molecule has 1 aromatic rings. The first-order chi connectivity index (χ1) is 6.70. The van der Waals surface area contributed by atoms with E-state index in [1.807, 2.05) is 18.4 Å². The van der Waals surface area contributed by atoms with Gasteiger partial charge >= 0.3 is 0 Å². The zero-order valence-corrected chi connectivity index (χ0v) is 8.73. The molecule has 14 heavy (non-hydrogen) atoms. The summed E-state index contributed by atoms with van der Waals surface area (Å²) in [6, 6.07) is 7.16. The Morgan fingerprint density at radius 1 is 1.36 bits per heavy atom. The molecule has 0 aliphatic rings. The van der Waals surface area contributed by atoms with E-state index in [2.05, 4.69) is 0 Å². The Morgan fingerprint density at radius 2 is 2.00 bits per heavy atom. The Morgan fingerprint density at radius 3 is 2.50 bits per heavy atom. The predicted octanol–water partition coefficient (Wildman–Crippen LogP) is 2.72. The maximum Gasteiger partial charge on any atom is 0.246 e. The summed E-state index contributed by atoms with van der Waals surface area (Å²) in [6.45, 7) is -0.0186. The quantitative estimate of drug-likeness (QED) is 0.785. The highest BCUT2D eigenvalue weighted by molar-refractivity contribution is 7.98. The van der Waals surface area contributed by atoms with Crippen LogP contribution in [0.2, 0.25) is 0 Å². The molecule has 0 spiro atoms. The summed E-state index contributed by atoms with van der Waals surface area (Å²) in [4.78, 5) is 0.878. The molecule has 0 fully saturated rings. The van der Waals surface area contributed by atoms with Crippen molar-refractivity contribution < 1.29 is 8.78 Å². The monoisotopic (exact) mass is 217 g/mol. The van der Waals surface area contributed by atoms with E-state index in [4.69, 9.17) is 5.73 Å². The van der Waals surface area contributed by atoms with Gasteiger partial charge < -0.3 is 5.73 Å². The number of hydrogen-bond donors (Lipinski definition) is 1. The average molecular weight is 217 g/mol. The van der Waals surface area contributed by atoms with Gasteiger partial charge in [0.05, 0.1) is 5.92 Å². The van der Waals surface area contributed by atoms with Crippen LogP contribution < -0.4 is 5.73 Å². The Balaban J connectivity index is 3.02. The molecule has 1 rings (SSSR count).